The largest absolute Gasteiger partial charge is 0.323 e. The highest BCUT2D eigenvalue weighted by molar-refractivity contribution is 7.19. The van der Waals surface area contributed by atoms with Crippen LogP contribution >= 0.6 is 11.3 Å². The van der Waals surface area contributed by atoms with Crippen LogP contribution in [-0.2, 0) is 20.0 Å². The van der Waals surface area contributed by atoms with Crippen molar-refractivity contribution < 1.29 is 0 Å². The Morgan fingerprint density at radius 2 is 2.07 bits per heavy atom. The standard InChI is InChI=1S/C20H16N8OS/c1-27-17-14(9-23-28(20(17)29)10-13-5-6-21-25-13)18-19(27)24-15(30-18)7-11-3-2-4-12-8-22-26-16(11)12/h2-6,8-9H,7,10H2,1H3,(H,21,25)(H,22,26). The lowest BCUT2D eigenvalue weighted by Crippen LogP contribution is -2.24. The zero-order valence-corrected chi connectivity index (χ0v) is 16.8. The van der Waals surface area contributed by atoms with Crippen LogP contribution in [0.5, 0.6) is 0 Å². The Morgan fingerprint density at radius 1 is 1.13 bits per heavy atom. The van der Waals surface area contributed by atoms with Crippen LogP contribution in [0.1, 0.15) is 16.3 Å². The summed E-state index contributed by atoms with van der Waals surface area (Å²) in [5, 5.41) is 21.3. The molecule has 148 valence electrons. The van der Waals surface area contributed by atoms with Gasteiger partial charge in [0.25, 0.3) is 5.56 Å². The molecule has 1 aromatic carbocycles. The Kier molecular flexibility index (Phi) is 3.62. The van der Waals surface area contributed by atoms with E-state index in [9.17, 15) is 4.79 Å². The second-order valence-electron chi connectivity index (χ2n) is 7.20. The molecule has 30 heavy (non-hydrogen) atoms. The summed E-state index contributed by atoms with van der Waals surface area (Å²) < 4.78 is 4.30. The molecule has 5 aromatic heterocycles. The molecular formula is C20H16N8OS. The third-order valence-corrected chi connectivity index (χ3v) is 6.43. The van der Waals surface area contributed by atoms with Crippen LogP contribution in [0, 0.1) is 0 Å². The molecule has 0 atom stereocenters. The van der Waals surface area contributed by atoms with Crippen LogP contribution in [0.4, 0.5) is 0 Å². The molecule has 0 unspecified atom stereocenters. The predicted molar refractivity (Wildman–Crippen MR) is 115 cm³/mol. The molecule has 0 fully saturated rings. The van der Waals surface area contributed by atoms with Crippen molar-refractivity contribution in [2.45, 2.75) is 13.0 Å². The summed E-state index contributed by atoms with van der Waals surface area (Å²) in [5.41, 5.74) is 4.28. The SMILES string of the molecule is Cn1c2nc(Cc3cccc4cn[nH]c34)sc2c2cnn(Cc3ccn[nH]3)c(=O)c21. The highest BCUT2D eigenvalue weighted by Gasteiger charge is 2.19. The minimum atomic E-state index is -0.140. The molecule has 0 spiro atoms. The number of aromatic amines is 2. The highest BCUT2D eigenvalue weighted by atomic mass is 32.1. The molecule has 2 N–H and O–H groups in total. The van der Waals surface area contributed by atoms with E-state index in [4.69, 9.17) is 4.98 Å². The van der Waals surface area contributed by atoms with E-state index in [1.54, 1.807) is 23.7 Å². The second-order valence-corrected chi connectivity index (χ2v) is 8.28. The van der Waals surface area contributed by atoms with Gasteiger partial charge in [-0.3, -0.25) is 15.0 Å². The van der Waals surface area contributed by atoms with Crippen molar-refractivity contribution in [3.63, 3.8) is 0 Å². The fraction of sp³-hybridized carbons (Fsp3) is 0.150. The number of nitrogens with one attached hydrogen (secondary N) is 2. The molecule has 0 aliphatic heterocycles. The number of aromatic nitrogens is 8. The Hall–Kier alpha value is -3.79. The molecule has 5 heterocycles. The topological polar surface area (TPSA) is 110 Å². The van der Waals surface area contributed by atoms with Crippen LogP contribution < -0.4 is 5.56 Å². The Labute approximate surface area is 173 Å². The first-order valence-electron chi connectivity index (χ1n) is 9.42. The third kappa shape index (κ3) is 2.50. The third-order valence-electron chi connectivity index (χ3n) is 5.35. The zero-order chi connectivity index (χ0) is 20.2. The minimum Gasteiger partial charge on any atom is -0.323 e. The van der Waals surface area contributed by atoms with Crippen molar-refractivity contribution >= 4 is 43.5 Å². The van der Waals surface area contributed by atoms with Crippen molar-refractivity contribution in [2.75, 3.05) is 0 Å². The van der Waals surface area contributed by atoms with Crippen LogP contribution in [0.25, 0.3) is 32.2 Å². The molecule has 0 aliphatic carbocycles. The van der Waals surface area contributed by atoms with Gasteiger partial charge in [-0.25, -0.2) is 9.67 Å². The lowest BCUT2D eigenvalue weighted by molar-refractivity contribution is 0.631. The lowest BCUT2D eigenvalue weighted by Gasteiger charge is -2.04. The van der Waals surface area contributed by atoms with Gasteiger partial charge in [0.05, 0.1) is 34.8 Å². The molecule has 10 heteroatoms. The van der Waals surface area contributed by atoms with Gasteiger partial charge in [-0.15, -0.1) is 11.3 Å². The summed E-state index contributed by atoms with van der Waals surface area (Å²) in [6.07, 6.45) is 5.94. The average Bonchev–Trinajstić information content (AvgIpc) is 3.52. The Bertz CT molecular complexity index is 1580. The summed E-state index contributed by atoms with van der Waals surface area (Å²) in [7, 11) is 1.88. The number of nitrogens with zero attached hydrogens (tertiary/aromatic N) is 6. The average molecular weight is 416 g/mol. The number of para-hydroxylation sites is 1. The number of fused-ring (bicyclic) bond motifs is 4. The molecule has 9 nitrogen and oxygen atoms in total. The van der Waals surface area contributed by atoms with Crippen molar-refractivity contribution in [1.29, 1.82) is 0 Å². The van der Waals surface area contributed by atoms with E-state index in [0.717, 1.165) is 42.9 Å². The smallest absolute Gasteiger partial charge is 0.291 e. The zero-order valence-electron chi connectivity index (χ0n) is 16.0. The summed E-state index contributed by atoms with van der Waals surface area (Å²) in [4.78, 5) is 17.9. The summed E-state index contributed by atoms with van der Waals surface area (Å²) >= 11 is 1.60. The fourth-order valence-electron chi connectivity index (χ4n) is 3.90. The number of aryl methyl sites for hydroxylation is 1. The van der Waals surface area contributed by atoms with Crippen LogP contribution in [0.2, 0.25) is 0 Å². The Morgan fingerprint density at radius 3 is 2.93 bits per heavy atom. The fourth-order valence-corrected chi connectivity index (χ4v) is 5.02. The molecule has 0 amide bonds. The molecule has 6 aromatic rings. The second kappa shape index (κ2) is 6.36. The van der Waals surface area contributed by atoms with E-state index in [-0.39, 0.29) is 5.56 Å². The monoisotopic (exact) mass is 416 g/mol. The van der Waals surface area contributed by atoms with Gasteiger partial charge in [-0.2, -0.15) is 15.3 Å². The van der Waals surface area contributed by atoms with E-state index in [1.807, 2.05) is 36.0 Å². The van der Waals surface area contributed by atoms with E-state index in [1.165, 1.54) is 4.68 Å². The van der Waals surface area contributed by atoms with Crippen LogP contribution in [0.3, 0.4) is 0 Å². The summed E-state index contributed by atoms with van der Waals surface area (Å²) in [5.74, 6) is 0. The first kappa shape index (κ1) is 17.1. The molecule has 0 saturated heterocycles. The Balaban J connectivity index is 1.44. The maximum Gasteiger partial charge on any atom is 0.291 e. The number of hydrogen-bond acceptors (Lipinski definition) is 6. The maximum atomic E-state index is 13.0. The lowest BCUT2D eigenvalue weighted by atomic mass is 10.1. The van der Waals surface area contributed by atoms with Crippen molar-refractivity contribution in [3.8, 4) is 0 Å². The first-order valence-corrected chi connectivity index (χ1v) is 10.2. The van der Waals surface area contributed by atoms with Gasteiger partial charge in [0.2, 0.25) is 0 Å². The van der Waals surface area contributed by atoms with Gasteiger partial charge in [-0.1, -0.05) is 18.2 Å². The first-order chi connectivity index (χ1) is 14.7. The van der Waals surface area contributed by atoms with Crippen molar-refractivity contribution in [1.82, 2.24) is 39.7 Å². The minimum absolute atomic E-state index is 0.140. The van der Waals surface area contributed by atoms with E-state index in [2.05, 4.69) is 31.6 Å². The van der Waals surface area contributed by atoms with Crippen molar-refractivity contribution in [2.24, 2.45) is 7.05 Å². The summed E-state index contributed by atoms with van der Waals surface area (Å²) in [6, 6.07) is 7.98. The van der Waals surface area contributed by atoms with Crippen LogP contribution in [0.15, 0.2) is 47.7 Å². The number of thiazole rings is 1. The number of hydrogen-bond donors (Lipinski definition) is 2. The number of H-pyrrole nitrogens is 2. The molecular weight excluding hydrogens is 400 g/mol. The number of benzene rings is 1. The maximum absolute atomic E-state index is 13.0. The van der Waals surface area contributed by atoms with Gasteiger partial charge in [0, 0.05) is 30.4 Å². The van der Waals surface area contributed by atoms with Crippen molar-refractivity contribution in [3.05, 3.63) is 69.5 Å². The normalized spacial score (nSPS) is 11.9. The van der Waals surface area contributed by atoms with Crippen LogP contribution in [-0.4, -0.2) is 39.7 Å². The van der Waals surface area contributed by atoms with Gasteiger partial charge in [0.15, 0.2) is 5.65 Å². The van der Waals surface area contributed by atoms with E-state index >= 15 is 0 Å². The van der Waals surface area contributed by atoms with Gasteiger partial charge >= 0.3 is 0 Å². The summed E-state index contributed by atoms with van der Waals surface area (Å²) in [6.45, 7) is 0.348. The molecule has 0 radical (unpaired) electrons. The molecule has 0 saturated carbocycles. The van der Waals surface area contributed by atoms with E-state index in [0.29, 0.717) is 18.5 Å². The molecule has 0 aliphatic rings. The highest BCUT2D eigenvalue weighted by Crippen LogP contribution is 2.32. The number of rotatable bonds is 4. The molecule has 6 rings (SSSR count). The predicted octanol–water partition coefficient (Wildman–Crippen LogP) is 2.58. The quantitative estimate of drug-likeness (QED) is 0.459. The van der Waals surface area contributed by atoms with Gasteiger partial charge in [0.1, 0.15) is 10.5 Å². The molecule has 0 bridgehead atoms. The van der Waals surface area contributed by atoms with Gasteiger partial charge < -0.3 is 4.57 Å². The van der Waals surface area contributed by atoms with E-state index < -0.39 is 0 Å². The van der Waals surface area contributed by atoms with Gasteiger partial charge in [-0.05, 0) is 11.6 Å².